The number of nitrogens with zero attached hydrogens (tertiary/aromatic N) is 2. The van der Waals surface area contributed by atoms with Gasteiger partial charge in [0.2, 0.25) is 0 Å². The molecule has 0 spiro atoms. The van der Waals surface area contributed by atoms with Gasteiger partial charge in [0.25, 0.3) is 0 Å². The lowest BCUT2D eigenvalue weighted by Gasteiger charge is -2.21. The molecule has 2 heteroatoms. The molecule has 11 rings (SSSR count). The molecule has 0 aliphatic heterocycles. The average molecular weight is 753 g/mol. The van der Waals surface area contributed by atoms with Crippen LogP contribution in [0.2, 0.25) is 0 Å². The third kappa shape index (κ3) is 5.96. The van der Waals surface area contributed by atoms with Crippen molar-refractivity contribution >= 4 is 21.5 Å². The molecular formula is C57H40N2. The van der Waals surface area contributed by atoms with Gasteiger partial charge in [-0.2, -0.15) is 0 Å². The fourth-order valence-corrected chi connectivity index (χ4v) is 9.28. The van der Waals surface area contributed by atoms with Crippen LogP contribution in [0.3, 0.4) is 0 Å². The number of hydrogen-bond donors (Lipinski definition) is 0. The third-order valence-electron chi connectivity index (χ3n) is 12.3. The Bertz CT molecular complexity index is 3230. The molecule has 59 heavy (non-hydrogen) atoms. The molecule has 1 aliphatic rings. The van der Waals surface area contributed by atoms with Crippen LogP contribution in [-0.4, -0.2) is 9.97 Å². The molecule has 0 unspecified atom stereocenters. The zero-order chi connectivity index (χ0) is 39.5. The van der Waals surface area contributed by atoms with Gasteiger partial charge in [-0.1, -0.05) is 202 Å². The number of benzene rings is 9. The van der Waals surface area contributed by atoms with E-state index in [9.17, 15) is 0 Å². The molecule has 9 aromatic carbocycles. The smallest absolute Gasteiger partial charge is 0.160 e. The molecular weight excluding hydrogens is 713 g/mol. The Labute approximate surface area is 345 Å². The SMILES string of the molecule is CC1(C)c2ccccc2-c2cc(-c3cccc(-c4ccc(-c5cc(-c6cccc7ccccc67)nc(-c6ccc(-c7ccccc7)cc6)n5)c5ccccc45)c3)ccc21. The van der Waals surface area contributed by atoms with Gasteiger partial charge in [0.1, 0.15) is 0 Å². The highest BCUT2D eigenvalue weighted by atomic mass is 14.9. The lowest BCUT2D eigenvalue weighted by Crippen LogP contribution is -2.14. The first-order valence-electron chi connectivity index (χ1n) is 20.4. The van der Waals surface area contributed by atoms with Gasteiger partial charge in [0.05, 0.1) is 11.4 Å². The van der Waals surface area contributed by atoms with Crippen molar-refractivity contribution in [2.24, 2.45) is 0 Å². The Kier molecular flexibility index (Phi) is 8.20. The first-order valence-corrected chi connectivity index (χ1v) is 20.4. The Morgan fingerprint density at radius 1 is 0.305 bits per heavy atom. The van der Waals surface area contributed by atoms with Gasteiger partial charge >= 0.3 is 0 Å². The molecule has 0 atom stereocenters. The zero-order valence-electron chi connectivity index (χ0n) is 33.0. The average Bonchev–Trinajstić information content (AvgIpc) is 3.53. The van der Waals surface area contributed by atoms with Gasteiger partial charge in [-0.15, -0.1) is 0 Å². The molecule has 0 saturated carbocycles. The molecule has 1 aromatic heterocycles. The Balaban J connectivity index is 1.03. The van der Waals surface area contributed by atoms with E-state index >= 15 is 0 Å². The maximum absolute atomic E-state index is 5.33. The second-order valence-corrected chi connectivity index (χ2v) is 16.2. The Hall–Kier alpha value is -7.42. The summed E-state index contributed by atoms with van der Waals surface area (Å²) in [6.07, 6.45) is 0. The highest BCUT2D eigenvalue weighted by molar-refractivity contribution is 6.05. The summed E-state index contributed by atoms with van der Waals surface area (Å²) < 4.78 is 0. The molecule has 1 aliphatic carbocycles. The lowest BCUT2D eigenvalue weighted by atomic mass is 9.82. The van der Waals surface area contributed by atoms with Crippen molar-refractivity contribution in [2.75, 3.05) is 0 Å². The van der Waals surface area contributed by atoms with E-state index in [1.165, 1.54) is 66.2 Å². The number of fused-ring (bicyclic) bond motifs is 5. The van der Waals surface area contributed by atoms with Crippen molar-refractivity contribution in [3.63, 3.8) is 0 Å². The van der Waals surface area contributed by atoms with Gasteiger partial charge in [-0.3, -0.25) is 0 Å². The normalized spacial score (nSPS) is 12.7. The first-order chi connectivity index (χ1) is 29.0. The predicted molar refractivity (Wildman–Crippen MR) is 247 cm³/mol. The van der Waals surface area contributed by atoms with Crippen molar-refractivity contribution in [1.82, 2.24) is 9.97 Å². The van der Waals surface area contributed by atoms with E-state index in [0.717, 1.165) is 39.0 Å². The summed E-state index contributed by atoms with van der Waals surface area (Å²) in [4.78, 5) is 10.6. The second kappa shape index (κ2) is 13.9. The van der Waals surface area contributed by atoms with Crippen molar-refractivity contribution in [3.8, 4) is 78.4 Å². The maximum Gasteiger partial charge on any atom is 0.160 e. The van der Waals surface area contributed by atoms with Crippen molar-refractivity contribution in [3.05, 3.63) is 217 Å². The van der Waals surface area contributed by atoms with Gasteiger partial charge in [0.15, 0.2) is 5.82 Å². The summed E-state index contributed by atoms with van der Waals surface area (Å²) >= 11 is 0. The minimum atomic E-state index is -0.0138. The molecule has 2 nitrogen and oxygen atoms in total. The van der Waals surface area contributed by atoms with Crippen LogP contribution in [0.15, 0.2) is 206 Å². The van der Waals surface area contributed by atoms with E-state index in [2.05, 4.69) is 214 Å². The molecule has 0 fully saturated rings. The van der Waals surface area contributed by atoms with Crippen molar-refractivity contribution in [1.29, 1.82) is 0 Å². The van der Waals surface area contributed by atoms with Gasteiger partial charge in [0, 0.05) is 22.1 Å². The Morgan fingerprint density at radius 2 is 0.814 bits per heavy atom. The Morgan fingerprint density at radius 3 is 1.63 bits per heavy atom. The second-order valence-electron chi connectivity index (χ2n) is 16.2. The maximum atomic E-state index is 5.33. The van der Waals surface area contributed by atoms with Crippen LogP contribution in [-0.2, 0) is 5.41 Å². The predicted octanol–water partition coefficient (Wildman–Crippen LogP) is 15.1. The third-order valence-corrected chi connectivity index (χ3v) is 12.3. The molecule has 0 radical (unpaired) electrons. The van der Waals surface area contributed by atoms with Crippen LogP contribution < -0.4 is 0 Å². The number of hydrogen-bond acceptors (Lipinski definition) is 2. The molecule has 278 valence electrons. The molecule has 0 bridgehead atoms. The van der Waals surface area contributed by atoms with E-state index in [4.69, 9.17) is 9.97 Å². The van der Waals surface area contributed by atoms with Crippen LogP contribution in [0.5, 0.6) is 0 Å². The van der Waals surface area contributed by atoms with E-state index < -0.39 is 0 Å². The topological polar surface area (TPSA) is 25.8 Å². The summed E-state index contributed by atoms with van der Waals surface area (Å²) in [5.74, 6) is 0.700. The fourth-order valence-electron chi connectivity index (χ4n) is 9.28. The molecule has 0 saturated heterocycles. The van der Waals surface area contributed by atoms with Gasteiger partial charge in [-0.05, 0) is 95.4 Å². The summed E-state index contributed by atoms with van der Waals surface area (Å²) in [7, 11) is 0. The minimum Gasteiger partial charge on any atom is -0.228 e. The van der Waals surface area contributed by atoms with Gasteiger partial charge in [-0.25, -0.2) is 9.97 Å². The monoisotopic (exact) mass is 752 g/mol. The van der Waals surface area contributed by atoms with E-state index in [1.54, 1.807) is 0 Å². The van der Waals surface area contributed by atoms with Crippen molar-refractivity contribution < 1.29 is 0 Å². The van der Waals surface area contributed by atoms with Gasteiger partial charge < -0.3 is 0 Å². The van der Waals surface area contributed by atoms with E-state index in [1.807, 2.05) is 6.07 Å². The highest BCUT2D eigenvalue weighted by Gasteiger charge is 2.35. The summed E-state index contributed by atoms with van der Waals surface area (Å²) in [5.41, 5.74) is 17.5. The summed E-state index contributed by atoms with van der Waals surface area (Å²) in [6.45, 7) is 4.67. The quantitative estimate of drug-likeness (QED) is 0.169. The van der Waals surface area contributed by atoms with E-state index in [0.29, 0.717) is 5.82 Å². The van der Waals surface area contributed by atoms with Crippen molar-refractivity contribution in [2.45, 2.75) is 19.3 Å². The molecule has 10 aromatic rings. The van der Waals surface area contributed by atoms with Crippen LogP contribution >= 0.6 is 0 Å². The largest absolute Gasteiger partial charge is 0.228 e. The van der Waals surface area contributed by atoms with Crippen LogP contribution in [0, 0.1) is 0 Å². The standard InChI is InChI=1S/C57H40N2/c1-57(2)52-25-11-10-23-48(52)51-35-42(30-33-53(51)57)41-18-12-19-43(34-41)45-31-32-50(47-22-9-8-21-46(45)47)55-36-54(49-24-13-17-39-16-6-7-20-44(39)49)58-56(59-55)40-28-26-38(27-29-40)37-14-4-3-5-15-37/h3-36H,1-2H3. The fraction of sp³-hybridized carbons (Fsp3) is 0.0526. The number of rotatable bonds is 6. The summed E-state index contributed by atoms with van der Waals surface area (Å²) in [5, 5.41) is 4.69. The minimum absolute atomic E-state index is 0.0138. The summed E-state index contributed by atoms with van der Waals surface area (Å²) in [6, 6.07) is 74.4. The van der Waals surface area contributed by atoms with Crippen LogP contribution in [0.1, 0.15) is 25.0 Å². The first kappa shape index (κ1) is 34.8. The lowest BCUT2D eigenvalue weighted by molar-refractivity contribution is 0.660. The molecule has 1 heterocycles. The van der Waals surface area contributed by atoms with Crippen LogP contribution in [0.25, 0.3) is 100.0 Å². The molecule has 0 N–H and O–H groups in total. The number of aromatic nitrogens is 2. The highest BCUT2D eigenvalue weighted by Crippen LogP contribution is 2.49. The van der Waals surface area contributed by atoms with E-state index in [-0.39, 0.29) is 5.41 Å². The zero-order valence-corrected chi connectivity index (χ0v) is 33.0. The molecule has 0 amide bonds. The van der Waals surface area contributed by atoms with Crippen LogP contribution in [0.4, 0.5) is 0 Å².